The predicted octanol–water partition coefficient (Wildman–Crippen LogP) is 5.23. The highest BCUT2D eigenvalue weighted by molar-refractivity contribution is 6.91. The summed E-state index contributed by atoms with van der Waals surface area (Å²) in [5.74, 6) is 7.24. The van der Waals surface area contributed by atoms with E-state index >= 15 is 0 Å². The van der Waals surface area contributed by atoms with Crippen LogP contribution in [0, 0.1) is 22.9 Å². The fourth-order valence-corrected chi connectivity index (χ4v) is 6.65. The van der Waals surface area contributed by atoms with Gasteiger partial charge < -0.3 is 0 Å². The first-order chi connectivity index (χ1) is 11.4. The number of benzene rings is 1. The molecular formula is C22H38Si4. The lowest BCUT2D eigenvalue weighted by Gasteiger charge is -2.25. The molecule has 0 unspecified atom stereocenters. The van der Waals surface area contributed by atoms with Gasteiger partial charge in [0.1, 0.15) is 16.1 Å². The van der Waals surface area contributed by atoms with Crippen molar-refractivity contribution in [2.75, 3.05) is 0 Å². The predicted molar refractivity (Wildman–Crippen MR) is 133 cm³/mol. The van der Waals surface area contributed by atoms with E-state index in [1.165, 1.54) is 21.5 Å². The lowest BCUT2D eigenvalue weighted by molar-refractivity contribution is 1.60. The second-order valence-electron chi connectivity index (χ2n) is 11.4. The van der Waals surface area contributed by atoms with Gasteiger partial charge in [-0.3, -0.25) is 0 Å². The summed E-state index contributed by atoms with van der Waals surface area (Å²) in [6.07, 6.45) is 0. The molecule has 0 aliphatic carbocycles. The van der Waals surface area contributed by atoms with Crippen molar-refractivity contribution >= 4 is 42.7 Å². The van der Waals surface area contributed by atoms with Crippen molar-refractivity contribution in [1.29, 1.82) is 0 Å². The van der Waals surface area contributed by atoms with E-state index in [2.05, 4.69) is 114 Å². The van der Waals surface area contributed by atoms with Crippen LogP contribution in [-0.4, -0.2) is 32.3 Å². The summed E-state index contributed by atoms with van der Waals surface area (Å²) in [4.78, 5) is 0. The van der Waals surface area contributed by atoms with Crippen molar-refractivity contribution in [3.63, 3.8) is 0 Å². The van der Waals surface area contributed by atoms with Crippen LogP contribution in [0.25, 0.3) is 0 Å². The molecule has 0 aliphatic rings. The molecule has 0 nitrogen and oxygen atoms in total. The third-order valence-corrected chi connectivity index (χ3v) is 9.71. The first kappa shape index (κ1) is 23.2. The van der Waals surface area contributed by atoms with Gasteiger partial charge in [0.05, 0.1) is 16.1 Å². The first-order valence-electron chi connectivity index (χ1n) is 9.65. The molecule has 0 N–H and O–H groups in total. The molecule has 0 atom stereocenters. The first-order valence-corrected chi connectivity index (χ1v) is 23.7. The summed E-state index contributed by atoms with van der Waals surface area (Å²) in [6, 6.07) is 4.82. The van der Waals surface area contributed by atoms with Gasteiger partial charge in [-0.2, -0.15) is 0 Å². The zero-order valence-corrected chi connectivity index (χ0v) is 23.2. The highest BCUT2D eigenvalue weighted by Gasteiger charge is 2.27. The maximum atomic E-state index is 3.62. The molecule has 0 bridgehead atoms. The topological polar surface area (TPSA) is 0 Å². The Hall–Kier alpha value is -0.792. The largest absolute Gasteiger partial charge is 0.129 e. The molecule has 1 aromatic rings. The van der Waals surface area contributed by atoms with Gasteiger partial charge in [0.25, 0.3) is 0 Å². The standard InChI is InChI=1S/C22H38Si4/c1-23(2,3)15-13-19-17-21(25(7,8)9)18-20(14-16-24(4,5)6)22(19)26(10,11)12/h17-18H,1-12H3. The summed E-state index contributed by atoms with van der Waals surface area (Å²) in [5, 5.41) is 2.95. The summed E-state index contributed by atoms with van der Waals surface area (Å²) < 4.78 is 0. The van der Waals surface area contributed by atoms with E-state index < -0.39 is 32.3 Å². The molecule has 0 saturated carbocycles. The quantitative estimate of drug-likeness (QED) is 0.459. The van der Waals surface area contributed by atoms with Crippen LogP contribution >= 0.6 is 0 Å². The third-order valence-electron chi connectivity index (χ3n) is 3.90. The Morgan fingerprint density at radius 1 is 0.538 bits per heavy atom. The number of hydrogen-bond acceptors (Lipinski definition) is 0. The minimum atomic E-state index is -1.56. The summed E-state index contributed by atoms with van der Waals surface area (Å²) >= 11 is 0. The van der Waals surface area contributed by atoms with E-state index in [-0.39, 0.29) is 0 Å². The van der Waals surface area contributed by atoms with E-state index in [4.69, 9.17) is 0 Å². The molecule has 0 fully saturated rings. The van der Waals surface area contributed by atoms with Crippen LogP contribution in [0.2, 0.25) is 78.6 Å². The maximum absolute atomic E-state index is 3.62. The summed E-state index contributed by atoms with van der Waals surface area (Å²) in [6.45, 7) is 28.5. The molecular weight excluding hydrogens is 377 g/mol. The van der Waals surface area contributed by atoms with Crippen molar-refractivity contribution in [2.45, 2.75) is 78.6 Å². The molecule has 26 heavy (non-hydrogen) atoms. The van der Waals surface area contributed by atoms with Crippen molar-refractivity contribution in [2.24, 2.45) is 0 Å². The fraction of sp³-hybridized carbons (Fsp3) is 0.545. The molecule has 0 saturated heterocycles. The van der Waals surface area contributed by atoms with Crippen LogP contribution in [0.5, 0.6) is 0 Å². The van der Waals surface area contributed by atoms with Crippen LogP contribution in [0.3, 0.4) is 0 Å². The van der Waals surface area contributed by atoms with Gasteiger partial charge in [-0.1, -0.05) is 95.6 Å². The highest BCUT2D eigenvalue weighted by Crippen LogP contribution is 2.14. The van der Waals surface area contributed by atoms with Gasteiger partial charge in [0, 0.05) is 11.1 Å². The van der Waals surface area contributed by atoms with Crippen molar-refractivity contribution < 1.29 is 0 Å². The van der Waals surface area contributed by atoms with Gasteiger partial charge in [-0.25, -0.2) is 0 Å². The van der Waals surface area contributed by atoms with Gasteiger partial charge in [0.2, 0.25) is 0 Å². The van der Waals surface area contributed by atoms with E-state index in [0.29, 0.717) is 0 Å². The smallest absolute Gasteiger partial charge is 0.127 e. The van der Waals surface area contributed by atoms with Crippen molar-refractivity contribution in [3.8, 4) is 22.9 Å². The highest BCUT2D eigenvalue weighted by atomic mass is 28.3. The Morgan fingerprint density at radius 3 is 1.12 bits per heavy atom. The summed E-state index contributed by atoms with van der Waals surface area (Å²) in [7, 11) is -5.81. The van der Waals surface area contributed by atoms with Crippen LogP contribution in [0.4, 0.5) is 0 Å². The molecule has 142 valence electrons. The molecule has 1 rings (SSSR count). The van der Waals surface area contributed by atoms with Crippen LogP contribution in [-0.2, 0) is 0 Å². The van der Waals surface area contributed by atoms with Crippen LogP contribution in [0.1, 0.15) is 11.1 Å². The Bertz CT molecular complexity index is 731. The van der Waals surface area contributed by atoms with Gasteiger partial charge in [-0.05, 0) is 17.3 Å². The molecule has 0 heterocycles. The molecule has 0 radical (unpaired) electrons. The fourth-order valence-electron chi connectivity index (χ4n) is 2.59. The lowest BCUT2D eigenvalue weighted by Crippen LogP contribution is -2.46. The molecule has 1 aromatic carbocycles. The van der Waals surface area contributed by atoms with Crippen molar-refractivity contribution in [3.05, 3.63) is 23.3 Å². The Balaban J connectivity index is 3.90. The van der Waals surface area contributed by atoms with Crippen LogP contribution < -0.4 is 10.4 Å². The average Bonchev–Trinajstić information content (AvgIpc) is 2.38. The van der Waals surface area contributed by atoms with Gasteiger partial charge >= 0.3 is 0 Å². The zero-order chi connectivity index (χ0) is 20.6. The Morgan fingerprint density at radius 2 is 0.885 bits per heavy atom. The molecule has 0 spiro atoms. The SMILES string of the molecule is C[Si](C)(C)C#Cc1cc([Si](C)(C)C)cc(C#C[Si](C)(C)C)c1[Si](C)(C)C. The normalized spacial score (nSPS) is 12.8. The number of rotatable bonds is 2. The lowest BCUT2D eigenvalue weighted by atomic mass is 10.1. The third kappa shape index (κ3) is 7.45. The van der Waals surface area contributed by atoms with E-state index in [1.807, 2.05) is 0 Å². The minimum Gasteiger partial charge on any atom is -0.127 e. The summed E-state index contributed by atoms with van der Waals surface area (Å²) in [5.41, 5.74) is 9.77. The molecule has 0 aromatic heterocycles. The second kappa shape index (κ2) is 7.68. The Kier molecular flexibility index (Phi) is 6.87. The molecule has 0 amide bonds. The Labute approximate surface area is 167 Å². The maximum Gasteiger partial charge on any atom is 0.129 e. The average molecular weight is 415 g/mol. The van der Waals surface area contributed by atoms with E-state index in [0.717, 1.165) is 0 Å². The minimum absolute atomic E-state index is 1.27. The molecule has 4 heteroatoms. The number of hydrogen-bond donors (Lipinski definition) is 0. The van der Waals surface area contributed by atoms with E-state index in [9.17, 15) is 0 Å². The van der Waals surface area contributed by atoms with Crippen LogP contribution in [0.15, 0.2) is 12.1 Å². The van der Waals surface area contributed by atoms with Gasteiger partial charge in [0.15, 0.2) is 0 Å². The van der Waals surface area contributed by atoms with Crippen molar-refractivity contribution in [1.82, 2.24) is 0 Å². The second-order valence-corrected chi connectivity index (χ2v) is 31.0. The van der Waals surface area contributed by atoms with Gasteiger partial charge in [-0.15, -0.1) is 11.1 Å². The molecule has 0 aliphatic heterocycles. The monoisotopic (exact) mass is 414 g/mol. The zero-order valence-electron chi connectivity index (χ0n) is 19.2. The van der Waals surface area contributed by atoms with E-state index in [1.54, 1.807) is 0 Å².